The Kier molecular flexibility index (Phi) is 1.07. The zero-order valence-corrected chi connectivity index (χ0v) is 5.76. The number of benzene rings is 1. The van der Waals surface area contributed by atoms with Crippen molar-refractivity contribution in [1.29, 1.82) is 0 Å². The van der Waals surface area contributed by atoms with Crippen molar-refractivity contribution >= 4 is 0 Å². The summed E-state index contributed by atoms with van der Waals surface area (Å²) in [5.74, 6) is 1.89. The average Bonchev–Trinajstić information content (AvgIpc) is 1.92. The zero-order chi connectivity index (χ0) is 6.97. The lowest BCUT2D eigenvalue weighted by molar-refractivity contribution is 0.241. The third-order valence-electron chi connectivity index (χ3n) is 1.65. The third kappa shape index (κ3) is 0.652. The van der Waals surface area contributed by atoms with Gasteiger partial charge in [-0.25, -0.2) is 0 Å². The fourth-order valence-corrected chi connectivity index (χ4v) is 1.01. The molecule has 0 N–H and O–H groups in total. The molecule has 2 heteroatoms. The number of fused-ring (bicyclic) bond motifs is 1. The Labute approximate surface area is 59.4 Å². The van der Waals surface area contributed by atoms with Gasteiger partial charge in [-0.2, -0.15) is 0 Å². The maximum absolute atomic E-state index is 5.12. The van der Waals surface area contributed by atoms with Crippen LogP contribution >= 0.6 is 0 Å². The van der Waals surface area contributed by atoms with Crippen LogP contribution in [0.1, 0.15) is 5.56 Å². The molecular weight excluding hydrogens is 128 g/mol. The van der Waals surface area contributed by atoms with Crippen LogP contribution in [0.2, 0.25) is 0 Å². The van der Waals surface area contributed by atoms with E-state index in [9.17, 15) is 0 Å². The van der Waals surface area contributed by atoms with Crippen LogP contribution in [0.25, 0.3) is 0 Å². The average molecular weight is 136 g/mol. The lowest BCUT2D eigenvalue weighted by atomic mass is 10.1. The first-order valence-electron chi connectivity index (χ1n) is 3.20. The van der Waals surface area contributed by atoms with Gasteiger partial charge in [0, 0.05) is 5.56 Å². The quantitative estimate of drug-likeness (QED) is 0.583. The van der Waals surface area contributed by atoms with E-state index in [4.69, 9.17) is 9.47 Å². The van der Waals surface area contributed by atoms with E-state index in [1.807, 2.05) is 18.2 Å². The number of hydrogen-bond acceptors (Lipinski definition) is 2. The van der Waals surface area contributed by atoms with Crippen molar-refractivity contribution in [2.24, 2.45) is 0 Å². The van der Waals surface area contributed by atoms with E-state index in [2.05, 4.69) is 0 Å². The molecule has 2 nitrogen and oxygen atoms in total. The van der Waals surface area contributed by atoms with Gasteiger partial charge in [0.05, 0.1) is 7.11 Å². The molecule has 0 bridgehead atoms. The zero-order valence-electron chi connectivity index (χ0n) is 5.76. The summed E-state index contributed by atoms with van der Waals surface area (Å²) in [5.41, 5.74) is 1.24. The summed E-state index contributed by atoms with van der Waals surface area (Å²) in [5, 5.41) is 0. The van der Waals surface area contributed by atoms with Gasteiger partial charge in [-0.3, -0.25) is 0 Å². The first kappa shape index (κ1) is 5.59. The molecule has 52 valence electrons. The molecular formula is C8H8O2. The predicted molar refractivity (Wildman–Crippen MR) is 37.3 cm³/mol. The van der Waals surface area contributed by atoms with Crippen LogP contribution < -0.4 is 9.47 Å². The summed E-state index contributed by atoms with van der Waals surface area (Å²) in [6.07, 6.45) is 0. The lowest BCUT2D eigenvalue weighted by Crippen LogP contribution is -2.08. The van der Waals surface area contributed by atoms with Crippen LogP contribution in [-0.2, 0) is 6.61 Å². The second kappa shape index (κ2) is 1.90. The Morgan fingerprint density at radius 1 is 1.50 bits per heavy atom. The highest BCUT2D eigenvalue weighted by molar-refractivity contribution is 5.43. The molecule has 0 fully saturated rings. The first-order valence-corrected chi connectivity index (χ1v) is 3.20. The van der Waals surface area contributed by atoms with Crippen molar-refractivity contribution in [2.75, 3.05) is 7.11 Å². The van der Waals surface area contributed by atoms with E-state index in [-0.39, 0.29) is 0 Å². The van der Waals surface area contributed by atoms with E-state index in [1.165, 1.54) is 5.56 Å². The van der Waals surface area contributed by atoms with Crippen LogP contribution in [0.5, 0.6) is 11.5 Å². The van der Waals surface area contributed by atoms with E-state index in [0.29, 0.717) is 0 Å². The van der Waals surface area contributed by atoms with Crippen molar-refractivity contribution in [1.82, 2.24) is 0 Å². The van der Waals surface area contributed by atoms with Crippen molar-refractivity contribution in [3.63, 3.8) is 0 Å². The predicted octanol–water partition coefficient (Wildman–Crippen LogP) is 1.59. The second-order valence-corrected chi connectivity index (χ2v) is 2.26. The van der Waals surface area contributed by atoms with Gasteiger partial charge in [0.2, 0.25) is 0 Å². The van der Waals surface area contributed by atoms with Gasteiger partial charge in [0.25, 0.3) is 0 Å². The highest BCUT2D eigenvalue weighted by atomic mass is 16.5. The molecule has 1 heterocycles. The number of ether oxygens (including phenoxy) is 2. The molecule has 0 spiro atoms. The van der Waals surface area contributed by atoms with E-state index in [1.54, 1.807) is 7.11 Å². The molecule has 0 saturated carbocycles. The number of hydrogen-bond donors (Lipinski definition) is 0. The topological polar surface area (TPSA) is 18.5 Å². The molecule has 0 atom stereocenters. The lowest BCUT2D eigenvalue weighted by Gasteiger charge is -2.20. The Hall–Kier alpha value is -1.18. The summed E-state index contributed by atoms with van der Waals surface area (Å²) in [6.45, 7) is 0.729. The van der Waals surface area contributed by atoms with E-state index < -0.39 is 0 Å². The van der Waals surface area contributed by atoms with E-state index >= 15 is 0 Å². The number of rotatable bonds is 1. The van der Waals surface area contributed by atoms with Crippen molar-refractivity contribution in [3.8, 4) is 11.5 Å². The Balaban J connectivity index is 2.42. The fraction of sp³-hybridized carbons (Fsp3) is 0.250. The second-order valence-electron chi connectivity index (χ2n) is 2.26. The van der Waals surface area contributed by atoms with Crippen LogP contribution in [0.15, 0.2) is 18.2 Å². The third-order valence-corrected chi connectivity index (χ3v) is 1.65. The van der Waals surface area contributed by atoms with Gasteiger partial charge in [0.15, 0.2) is 0 Å². The highest BCUT2D eigenvalue weighted by Gasteiger charge is 2.13. The molecule has 0 amide bonds. The van der Waals surface area contributed by atoms with Crippen LogP contribution in [-0.4, -0.2) is 7.11 Å². The largest absolute Gasteiger partial charge is 0.497 e. The normalized spacial score (nSPS) is 12.9. The van der Waals surface area contributed by atoms with Gasteiger partial charge in [-0.15, -0.1) is 0 Å². The minimum Gasteiger partial charge on any atom is -0.497 e. The minimum absolute atomic E-state index is 0.729. The summed E-state index contributed by atoms with van der Waals surface area (Å²) >= 11 is 0. The molecule has 1 aliphatic rings. The monoisotopic (exact) mass is 136 g/mol. The van der Waals surface area contributed by atoms with Crippen molar-refractivity contribution < 1.29 is 9.47 Å². The van der Waals surface area contributed by atoms with Crippen LogP contribution in [0.4, 0.5) is 0 Å². The molecule has 0 radical (unpaired) electrons. The highest BCUT2D eigenvalue weighted by Crippen LogP contribution is 2.31. The SMILES string of the molecule is COc1ccc2c(c1)CO2. The minimum atomic E-state index is 0.729. The van der Waals surface area contributed by atoms with Crippen molar-refractivity contribution in [2.45, 2.75) is 6.61 Å². The molecule has 0 unspecified atom stereocenters. The van der Waals surface area contributed by atoms with Gasteiger partial charge >= 0.3 is 0 Å². The van der Waals surface area contributed by atoms with Crippen molar-refractivity contribution in [3.05, 3.63) is 23.8 Å². The summed E-state index contributed by atoms with van der Waals surface area (Å²) in [6, 6.07) is 5.83. The maximum Gasteiger partial charge on any atom is 0.126 e. The molecule has 0 aliphatic carbocycles. The molecule has 1 aromatic rings. The smallest absolute Gasteiger partial charge is 0.126 e. The molecule has 10 heavy (non-hydrogen) atoms. The molecule has 0 aromatic heterocycles. The summed E-state index contributed by atoms with van der Waals surface area (Å²) in [7, 11) is 1.67. The van der Waals surface area contributed by atoms with Crippen LogP contribution in [0.3, 0.4) is 0 Å². The maximum atomic E-state index is 5.12. The fourth-order valence-electron chi connectivity index (χ4n) is 1.01. The molecule has 0 saturated heterocycles. The standard InChI is InChI=1S/C8H8O2/c1-9-7-2-3-8-6(4-7)5-10-8/h2-4H,5H2,1H3. The first-order chi connectivity index (χ1) is 4.90. The molecule has 2 rings (SSSR count). The Morgan fingerprint density at radius 3 is 2.90 bits per heavy atom. The number of methoxy groups -OCH3 is 1. The Morgan fingerprint density at radius 2 is 2.40 bits per heavy atom. The van der Waals surface area contributed by atoms with E-state index in [0.717, 1.165) is 18.1 Å². The summed E-state index contributed by atoms with van der Waals surface area (Å²) in [4.78, 5) is 0. The summed E-state index contributed by atoms with van der Waals surface area (Å²) < 4.78 is 10.1. The Bertz CT molecular complexity index is 255. The van der Waals surface area contributed by atoms with Gasteiger partial charge in [-0.05, 0) is 18.2 Å². The van der Waals surface area contributed by atoms with Gasteiger partial charge < -0.3 is 9.47 Å². The van der Waals surface area contributed by atoms with Crippen LogP contribution in [0, 0.1) is 0 Å². The van der Waals surface area contributed by atoms with Gasteiger partial charge in [0.1, 0.15) is 18.1 Å². The van der Waals surface area contributed by atoms with Gasteiger partial charge in [-0.1, -0.05) is 0 Å². The molecule has 1 aromatic carbocycles. The molecule has 1 aliphatic heterocycles.